The van der Waals surface area contributed by atoms with E-state index in [0.29, 0.717) is 0 Å². The molecule has 0 fully saturated rings. The van der Waals surface area contributed by atoms with Crippen molar-refractivity contribution in [2.24, 2.45) is 0 Å². The molecule has 6 nitrogen and oxygen atoms in total. The van der Waals surface area contributed by atoms with Crippen molar-refractivity contribution in [2.45, 2.75) is 173 Å². The third-order valence-electron chi connectivity index (χ3n) is 8.97. The summed E-state index contributed by atoms with van der Waals surface area (Å²) in [5.41, 5.74) is 3.04. The lowest BCUT2D eigenvalue weighted by atomic mass is 10.0. The highest BCUT2D eigenvalue weighted by Gasteiger charge is 2.29. The highest BCUT2D eigenvalue weighted by Crippen LogP contribution is 2.15. The third-order valence-corrected chi connectivity index (χ3v) is 8.97. The minimum absolute atomic E-state index is 1.17. The fourth-order valence-corrected chi connectivity index (χ4v) is 6.03. The van der Waals surface area contributed by atoms with Gasteiger partial charge in [-0.05, 0) is 76.3 Å². The minimum Gasteiger partial charge on any atom is -0.542 e. The molecule has 300 valence electrons. The van der Waals surface area contributed by atoms with Crippen molar-refractivity contribution in [3.8, 4) is 0 Å². The van der Waals surface area contributed by atoms with Crippen LogP contribution in [0, 0.1) is 0 Å². The number of hydrogen-bond acceptors (Lipinski definition) is 4. The molecular weight excluding hydrogens is 698 g/mol. The van der Waals surface area contributed by atoms with Gasteiger partial charge in [-0.3, -0.25) is 0 Å². The zero-order valence-corrected chi connectivity index (χ0v) is 31.2. The molecule has 0 saturated carbocycles. The fraction of sp³-hybridized carbons (Fsp3) is 0.659. The van der Waals surface area contributed by atoms with Gasteiger partial charge in [0.2, 0.25) is 0 Å². The molecule has 0 atom stereocenters. The number of nitrogens with zero attached hydrogens (tertiary/aromatic N) is 2. The quantitative estimate of drug-likeness (QED) is 0.153. The summed E-state index contributed by atoms with van der Waals surface area (Å²) < 4.78 is 68.0. The van der Waals surface area contributed by atoms with Gasteiger partial charge in [0.1, 0.15) is 25.0 Å². The van der Waals surface area contributed by atoms with Crippen molar-refractivity contribution in [1.82, 2.24) is 0 Å². The normalized spacial score (nSPS) is 17.5. The molecule has 3 rings (SSSR count). The van der Waals surface area contributed by atoms with E-state index >= 15 is 0 Å². The number of carbonyl (C=O) groups is 2. The first kappa shape index (κ1) is 47.6. The number of pyridine rings is 2. The minimum atomic E-state index is -5.19. The molecule has 0 N–H and O–H groups in total. The van der Waals surface area contributed by atoms with E-state index in [-0.39, 0.29) is 0 Å². The van der Waals surface area contributed by atoms with Crippen LogP contribution >= 0.6 is 0 Å². The molecule has 0 aliphatic carbocycles. The van der Waals surface area contributed by atoms with Gasteiger partial charge in [0.25, 0.3) is 0 Å². The predicted octanol–water partition coefficient (Wildman–Crippen LogP) is 8.41. The summed E-state index contributed by atoms with van der Waals surface area (Å²) in [5.74, 6) is -6.01. The van der Waals surface area contributed by atoms with Crippen molar-refractivity contribution in [3.05, 3.63) is 72.3 Å². The summed E-state index contributed by atoms with van der Waals surface area (Å²) in [7, 11) is 0. The topological polar surface area (TPSA) is 88.0 Å². The van der Waals surface area contributed by atoms with Crippen LogP contribution in [0.4, 0.5) is 26.3 Å². The molecule has 0 spiro atoms. The summed E-state index contributed by atoms with van der Waals surface area (Å²) in [5, 5.41) is 17.6. The number of rotatable bonds is 0. The Kier molecular flexibility index (Phi) is 26.0. The molecule has 0 saturated heterocycles. The molecule has 0 aromatic carbocycles. The highest BCUT2D eigenvalue weighted by molar-refractivity contribution is 5.71. The average molecular weight is 759 g/mol. The van der Waals surface area contributed by atoms with Gasteiger partial charge in [0.15, 0.2) is 24.8 Å². The molecule has 2 aromatic rings. The van der Waals surface area contributed by atoms with E-state index in [1.165, 1.54) is 172 Å². The molecule has 3 heterocycles. The van der Waals surface area contributed by atoms with Gasteiger partial charge in [0, 0.05) is 36.1 Å². The largest absolute Gasteiger partial charge is 0.542 e. The van der Waals surface area contributed by atoms with Gasteiger partial charge < -0.3 is 19.8 Å². The number of carboxylic acids is 2. The molecule has 4 bridgehead atoms. The number of carboxylic acid groups (broad SMARTS) is 2. The zero-order chi connectivity index (χ0) is 39.2. The first-order chi connectivity index (χ1) is 25.3. The van der Waals surface area contributed by atoms with Gasteiger partial charge in [-0.1, -0.05) is 82.8 Å². The van der Waals surface area contributed by atoms with Gasteiger partial charge >= 0.3 is 12.4 Å². The Morgan fingerprint density at radius 2 is 0.755 bits per heavy atom. The van der Waals surface area contributed by atoms with Crippen molar-refractivity contribution in [2.75, 3.05) is 0 Å². The second-order valence-corrected chi connectivity index (χ2v) is 13.7. The van der Waals surface area contributed by atoms with Crippen LogP contribution < -0.4 is 19.3 Å². The van der Waals surface area contributed by atoms with Gasteiger partial charge in [-0.15, -0.1) is 0 Å². The second kappa shape index (κ2) is 29.0. The van der Waals surface area contributed by atoms with Gasteiger partial charge in [-0.2, -0.15) is 26.3 Å². The smallest absolute Gasteiger partial charge is 0.430 e. The van der Waals surface area contributed by atoms with Crippen LogP contribution in [0.25, 0.3) is 0 Å². The van der Waals surface area contributed by atoms with E-state index in [2.05, 4.69) is 70.3 Å². The van der Waals surface area contributed by atoms with Crippen molar-refractivity contribution < 1.29 is 55.3 Å². The van der Waals surface area contributed by atoms with E-state index in [4.69, 9.17) is 19.8 Å². The van der Waals surface area contributed by atoms with Crippen LogP contribution in [0.15, 0.2) is 61.2 Å². The van der Waals surface area contributed by atoms with Gasteiger partial charge in [-0.25, -0.2) is 9.13 Å². The Bertz CT molecular complexity index is 1190. The Hall–Kier alpha value is -3.44. The molecule has 1 aliphatic rings. The molecule has 0 amide bonds. The van der Waals surface area contributed by atoms with Crippen LogP contribution in [0.2, 0.25) is 0 Å². The molecule has 0 unspecified atom stereocenters. The number of halogens is 6. The number of alkyl halides is 6. The lowest BCUT2D eigenvalue weighted by Gasteiger charge is -2.04. The van der Waals surface area contributed by atoms with E-state index in [1.807, 2.05) is 0 Å². The molecular formula is C41H60F6N2O4. The summed E-state index contributed by atoms with van der Waals surface area (Å²) in [6.45, 7) is 2.36. The number of carbonyl (C=O) groups excluding carboxylic acids is 2. The van der Waals surface area contributed by atoms with E-state index in [1.54, 1.807) is 0 Å². The SMILES string of the molecule is C1=CCCCCCC[n+]2cccc(c2)CCCCCCCCCCCCC[n+]2cccc(c2)CCCCCC1.O=C([O-])C(F)(F)F.O=C([O-])C(F)(F)F. The number of fused-ring (bicyclic) bond motifs is 4. The summed E-state index contributed by atoms with van der Waals surface area (Å²) in [6, 6.07) is 9.16. The molecule has 0 radical (unpaired) electrons. The lowest BCUT2D eigenvalue weighted by Crippen LogP contribution is -2.37. The zero-order valence-electron chi connectivity index (χ0n) is 31.2. The Labute approximate surface area is 312 Å². The lowest BCUT2D eigenvalue weighted by molar-refractivity contribution is -0.697. The molecule has 12 heteroatoms. The van der Waals surface area contributed by atoms with Crippen LogP contribution in [0.1, 0.15) is 146 Å². The maximum absolute atomic E-state index is 10.5. The van der Waals surface area contributed by atoms with Crippen molar-refractivity contribution in [3.63, 3.8) is 0 Å². The Morgan fingerprint density at radius 1 is 0.472 bits per heavy atom. The van der Waals surface area contributed by atoms with Crippen molar-refractivity contribution >= 4 is 11.9 Å². The molecule has 2 aromatic heterocycles. The first-order valence-electron chi connectivity index (χ1n) is 19.5. The fourth-order valence-electron chi connectivity index (χ4n) is 6.03. The van der Waals surface area contributed by atoms with Crippen LogP contribution in [0.3, 0.4) is 0 Å². The maximum atomic E-state index is 10.5. The number of allylic oxidation sites excluding steroid dienone is 2. The van der Waals surface area contributed by atoms with Crippen molar-refractivity contribution in [1.29, 1.82) is 0 Å². The standard InChI is InChI=1S/C37H60N2.2C2HF3O2/c1-2-6-10-14-18-22-30-38-32-25-29-37(35-38)27-21-17-13-9-5-3-7-11-15-19-23-31-39-33-24-28-36(34-39)26-20-16-12-8-4-1;2*3-2(4,5)1(6)7/h1-2,24-25,28-29,32-35H,3-23,26-27,30-31H2;2*(H,6,7)/q+2;;/p-2. The number of aryl methyl sites for hydroxylation is 4. The number of aromatic nitrogens is 2. The van der Waals surface area contributed by atoms with E-state index < -0.39 is 24.3 Å². The van der Waals surface area contributed by atoms with E-state index in [9.17, 15) is 26.3 Å². The van der Waals surface area contributed by atoms with Crippen LogP contribution in [-0.4, -0.2) is 24.3 Å². The molecule has 1 aliphatic heterocycles. The van der Waals surface area contributed by atoms with Crippen LogP contribution in [0.5, 0.6) is 0 Å². The summed E-state index contributed by atoms with van der Waals surface area (Å²) in [4.78, 5) is 17.6. The van der Waals surface area contributed by atoms with Crippen LogP contribution in [-0.2, 0) is 35.5 Å². The maximum Gasteiger partial charge on any atom is 0.430 e. The average Bonchev–Trinajstić information content (AvgIpc) is 3.10. The first-order valence-corrected chi connectivity index (χ1v) is 19.5. The monoisotopic (exact) mass is 758 g/mol. The number of hydrogen-bond donors (Lipinski definition) is 0. The Morgan fingerprint density at radius 3 is 1.08 bits per heavy atom. The second-order valence-electron chi connectivity index (χ2n) is 13.7. The number of aliphatic carboxylic acids is 2. The molecule has 53 heavy (non-hydrogen) atoms. The summed E-state index contributed by atoms with van der Waals surface area (Å²) in [6.07, 6.45) is 35.0. The summed E-state index contributed by atoms with van der Waals surface area (Å²) >= 11 is 0. The van der Waals surface area contributed by atoms with Gasteiger partial charge in [0.05, 0.1) is 0 Å². The highest BCUT2D eigenvalue weighted by atomic mass is 19.4. The predicted molar refractivity (Wildman–Crippen MR) is 189 cm³/mol. The Balaban J connectivity index is 0.000000845. The third kappa shape index (κ3) is 27.8. The van der Waals surface area contributed by atoms with E-state index in [0.717, 1.165) is 0 Å².